The lowest BCUT2D eigenvalue weighted by Crippen LogP contribution is -2.32. The number of rotatable bonds is 3. The van der Waals surface area contributed by atoms with Crippen LogP contribution in [0.2, 0.25) is 0 Å². The van der Waals surface area contributed by atoms with Crippen LogP contribution in [-0.4, -0.2) is 52.3 Å². The molecule has 1 fully saturated rings. The molecule has 1 amide bonds. The number of nitrogens with one attached hydrogen (secondary N) is 2. The van der Waals surface area contributed by atoms with Crippen LogP contribution in [0.15, 0.2) is 12.3 Å². The molecular formula is C16H22N6OS. The van der Waals surface area contributed by atoms with Crippen LogP contribution in [0, 0.1) is 0 Å². The molecule has 0 spiro atoms. The van der Waals surface area contributed by atoms with Crippen LogP contribution in [0.5, 0.6) is 0 Å². The van der Waals surface area contributed by atoms with Gasteiger partial charge in [0.1, 0.15) is 0 Å². The molecule has 1 unspecified atom stereocenters. The summed E-state index contributed by atoms with van der Waals surface area (Å²) in [5.74, 6) is -0.183. The molecule has 128 valence electrons. The number of hydrogen-bond donors (Lipinski definition) is 2. The van der Waals surface area contributed by atoms with Crippen molar-refractivity contribution >= 4 is 22.4 Å². The van der Waals surface area contributed by atoms with E-state index in [1.807, 2.05) is 10.9 Å². The number of aromatic nitrogens is 3. The molecule has 24 heavy (non-hydrogen) atoms. The van der Waals surface area contributed by atoms with Crippen molar-refractivity contribution in [3.8, 4) is 0 Å². The lowest BCUT2D eigenvalue weighted by Gasteiger charge is -2.22. The van der Waals surface area contributed by atoms with Gasteiger partial charge in [0.15, 0.2) is 10.8 Å². The largest absolute Gasteiger partial charge is 0.315 e. The van der Waals surface area contributed by atoms with Crippen molar-refractivity contribution in [2.45, 2.75) is 31.8 Å². The maximum atomic E-state index is 12.4. The lowest BCUT2D eigenvalue weighted by molar-refractivity contribution is 0.102. The Hall–Kier alpha value is -1.77. The highest BCUT2D eigenvalue weighted by Crippen LogP contribution is 2.28. The van der Waals surface area contributed by atoms with E-state index >= 15 is 0 Å². The molecule has 0 radical (unpaired) electrons. The van der Waals surface area contributed by atoms with Gasteiger partial charge in [0.05, 0.1) is 11.7 Å². The molecule has 0 aliphatic carbocycles. The topological polar surface area (TPSA) is 75.1 Å². The zero-order valence-electron chi connectivity index (χ0n) is 13.8. The van der Waals surface area contributed by atoms with Crippen molar-refractivity contribution in [1.29, 1.82) is 0 Å². The Morgan fingerprint density at radius 2 is 2.42 bits per heavy atom. The number of amides is 1. The molecule has 2 aliphatic heterocycles. The van der Waals surface area contributed by atoms with E-state index in [4.69, 9.17) is 0 Å². The second-order valence-corrected chi connectivity index (χ2v) is 7.60. The number of hydrogen-bond acceptors (Lipinski definition) is 6. The summed E-state index contributed by atoms with van der Waals surface area (Å²) in [5, 5.41) is 11.4. The van der Waals surface area contributed by atoms with Gasteiger partial charge in [-0.3, -0.25) is 14.8 Å². The Labute approximate surface area is 145 Å². The van der Waals surface area contributed by atoms with Gasteiger partial charge in [-0.05, 0) is 32.5 Å². The van der Waals surface area contributed by atoms with Crippen molar-refractivity contribution in [1.82, 2.24) is 25.0 Å². The van der Waals surface area contributed by atoms with Crippen LogP contribution in [0.1, 0.15) is 39.9 Å². The number of likely N-dealkylation sites (N-methyl/N-ethyl adjacent to an activating group) is 1. The zero-order chi connectivity index (χ0) is 16.5. The molecular weight excluding hydrogens is 324 g/mol. The van der Waals surface area contributed by atoms with Crippen LogP contribution in [0.3, 0.4) is 0 Å². The minimum Gasteiger partial charge on any atom is -0.315 e. The van der Waals surface area contributed by atoms with E-state index in [1.54, 1.807) is 17.4 Å². The summed E-state index contributed by atoms with van der Waals surface area (Å²) < 4.78 is 1.91. The molecule has 1 atom stereocenters. The Morgan fingerprint density at radius 3 is 3.25 bits per heavy atom. The first kappa shape index (κ1) is 15.7. The van der Waals surface area contributed by atoms with E-state index in [0.717, 1.165) is 51.1 Å². The molecule has 7 nitrogen and oxygen atoms in total. The smallest absolute Gasteiger partial charge is 0.277 e. The van der Waals surface area contributed by atoms with Gasteiger partial charge < -0.3 is 10.2 Å². The predicted molar refractivity (Wildman–Crippen MR) is 93.5 cm³/mol. The highest BCUT2D eigenvalue weighted by Gasteiger charge is 2.21. The average molecular weight is 346 g/mol. The molecule has 4 heterocycles. The quantitative estimate of drug-likeness (QED) is 0.881. The predicted octanol–water partition coefficient (Wildman–Crippen LogP) is 1.50. The molecule has 2 N–H and O–H groups in total. The molecule has 0 aromatic carbocycles. The highest BCUT2D eigenvalue weighted by molar-refractivity contribution is 7.15. The van der Waals surface area contributed by atoms with Crippen LogP contribution >= 0.6 is 11.3 Å². The average Bonchev–Trinajstić information content (AvgIpc) is 3.22. The summed E-state index contributed by atoms with van der Waals surface area (Å²) >= 11 is 1.57. The highest BCUT2D eigenvalue weighted by atomic mass is 32.1. The van der Waals surface area contributed by atoms with Gasteiger partial charge in [-0.15, -0.1) is 11.3 Å². The van der Waals surface area contributed by atoms with Crippen LogP contribution < -0.4 is 10.6 Å². The molecule has 1 saturated heterocycles. The maximum absolute atomic E-state index is 12.4. The van der Waals surface area contributed by atoms with E-state index in [0.29, 0.717) is 16.9 Å². The fraction of sp³-hybridized carbons (Fsp3) is 0.562. The number of anilines is 1. The van der Waals surface area contributed by atoms with E-state index in [1.165, 1.54) is 4.88 Å². The minimum atomic E-state index is -0.183. The molecule has 8 heteroatoms. The second kappa shape index (κ2) is 6.62. The summed E-state index contributed by atoms with van der Waals surface area (Å²) in [4.78, 5) is 20.5. The standard InChI is InChI=1S/C16H22N6OS/c1-21-7-4-12-14(10-21)24-16(18-12)19-15(23)13-5-8-22(20-13)11-3-2-6-17-9-11/h5,8,11,17H,2-4,6-7,9-10H2,1H3,(H,18,19,23). The maximum Gasteiger partial charge on any atom is 0.277 e. The molecule has 0 saturated carbocycles. The third-order valence-electron chi connectivity index (χ3n) is 4.63. The molecule has 2 aromatic rings. The van der Waals surface area contributed by atoms with Crippen LogP contribution in [-0.2, 0) is 13.0 Å². The summed E-state index contributed by atoms with van der Waals surface area (Å²) in [5.41, 5.74) is 1.57. The van der Waals surface area contributed by atoms with Crippen molar-refractivity contribution in [3.05, 3.63) is 28.5 Å². The summed E-state index contributed by atoms with van der Waals surface area (Å²) in [7, 11) is 2.10. The summed E-state index contributed by atoms with van der Waals surface area (Å²) in [6, 6.07) is 2.12. The molecule has 4 rings (SSSR count). The van der Waals surface area contributed by atoms with E-state index < -0.39 is 0 Å². The first-order valence-electron chi connectivity index (χ1n) is 8.43. The van der Waals surface area contributed by atoms with Crippen LogP contribution in [0.25, 0.3) is 0 Å². The first-order valence-corrected chi connectivity index (χ1v) is 9.25. The van der Waals surface area contributed by atoms with Gasteiger partial charge in [0.2, 0.25) is 0 Å². The summed E-state index contributed by atoms with van der Waals surface area (Å²) in [6.07, 6.45) is 5.09. The third kappa shape index (κ3) is 3.22. The summed E-state index contributed by atoms with van der Waals surface area (Å²) in [6.45, 7) is 3.90. The number of carbonyl (C=O) groups is 1. The number of thiazole rings is 1. The normalized spacial score (nSPS) is 21.5. The fourth-order valence-electron chi connectivity index (χ4n) is 3.26. The first-order chi connectivity index (χ1) is 11.7. The van der Waals surface area contributed by atoms with E-state index in [9.17, 15) is 4.79 Å². The molecule has 2 aliphatic rings. The van der Waals surface area contributed by atoms with Gasteiger partial charge >= 0.3 is 0 Å². The van der Waals surface area contributed by atoms with Crippen molar-refractivity contribution in [3.63, 3.8) is 0 Å². The minimum absolute atomic E-state index is 0.183. The molecule has 2 aromatic heterocycles. The Morgan fingerprint density at radius 1 is 1.50 bits per heavy atom. The molecule has 0 bridgehead atoms. The monoisotopic (exact) mass is 346 g/mol. The van der Waals surface area contributed by atoms with Crippen molar-refractivity contribution in [2.75, 3.05) is 32.0 Å². The van der Waals surface area contributed by atoms with Crippen molar-refractivity contribution in [2.24, 2.45) is 0 Å². The van der Waals surface area contributed by atoms with Crippen molar-refractivity contribution < 1.29 is 4.79 Å². The Kier molecular flexibility index (Phi) is 4.34. The van der Waals surface area contributed by atoms with Crippen LogP contribution in [0.4, 0.5) is 5.13 Å². The van der Waals surface area contributed by atoms with Gasteiger partial charge in [-0.25, -0.2) is 4.98 Å². The Bertz CT molecular complexity index is 733. The van der Waals surface area contributed by atoms with Gasteiger partial charge in [0.25, 0.3) is 5.91 Å². The fourth-order valence-corrected chi connectivity index (χ4v) is 4.34. The third-order valence-corrected chi connectivity index (χ3v) is 5.63. The number of carbonyl (C=O) groups excluding carboxylic acids is 1. The zero-order valence-corrected chi connectivity index (χ0v) is 14.6. The van der Waals surface area contributed by atoms with E-state index in [2.05, 4.69) is 32.7 Å². The van der Waals surface area contributed by atoms with Gasteiger partial charge in [-0.2, -0.15) is 5.10 Å². The number of fused-ring (bicyclic) bond motifs is 1. The second-order valence-electron chi connectivity index (χ2n) is 6.51. The lowest BCUT2D eigenvalue weighted by atomic mass is 10.1. The number of nitrogens with zero attached hydrogens (tertiary/aromatic N) is 4. The number of piperidine rings is 1. The van der Waals surface area contributed by atoms with Gasteiger partial charge in [-0.1, -0.05) is 0 Å². The SMILES string of the molecule is CN1CCc2nc(NC(=O)c3ccn(C4CCCNC4)n3)sc2C1. The van der Waals surface area contributed by atoms with Gasteiger partial charge in [0, 0.05) is 37.1 Å². The van der Waals surface area contributed by atoms with E-state index in [-0.39, 0.29) is 5.91 Å². The Balaban J connectivity index is 1.44.